The molecule has 0 radical (unpaired) electrons. The monoisotopic (exact) mass is 289 g/mol. The molecule has 0 aliphatic carbocycles. The molecular weight excluding hydrogens is 274 g/mol. The van der Waals surface area contributed by atoms with E-state index in [1.54, 1.807) is 12.1 Å². The van der Waals surface area contributed by atoms with Crippen LogP contribution in [0.15, 0.2) is 18.2 Å². The van der Waals surface area contributed by atoms with E-state index in [0.29, 0.717) is 12.1 Å². The maximum Gasteiger partial charge on any atom is 0.335 e. The van der Waals surface area contributed by atoms with E-state index in [1.165, 1.54) is 17.1 Å². The van der Waals surface area contributed by atoms with Crippen molar-refractivity contribution in [1.82, 2.24) is 9.36 Å². The van der Waals surface area contributed by atoms with Gasteiger partial charge in [-0.25, -0.2) is 9.78 Å². The second kappa shape index (κ2) is 5.20. The van der Waals surface area contributed by atoms with Crippen molar-refractivity contribution in [2.45, 2.75) is 26.3 Å². The van der Waals surface area contributed by atoms with Gasteiger partial charge in [-0.1, -0.05) is 13.0 Å². The number of rotatable bonds is 3. The van der Waals surface area contributed by atoms with Crippen molar-refractivity contribution in [3.05, 3.63) is 40.7 Å². The van der Waals surface area contributed by atoms with Gasteiger partial charge in [0.1, 0.15) is 5.82 Å². The fraction of sp³-hybridized carbons (Fsp3) is 0.357. The Balaban J connectivity index is 1.86. The number of aromatic nitrogens is 2. The van der Waals surface area contributed by atoms with Crippen LogP contribution in [-0.2, 0) is 19.4 Å². The zero-order valence-electron chi connectivity index (χ0n) is 11.2. The van der Waals surface area contributed by atoms with Gasteiger partial charge in [0, 0.05) is 31.0 Å². The number of nitrogens with zero attached hydrogens (tertiary/aromatic N) is 3. The summed E-state index contributed by atoms with van der Waals surface area (Å²) in [5, 5.41) is 9.99. The van der Waals surface area contributed by atoms with Gasteiger partial charge in [-0.15, -0.1) is 0 Å². The number of carbonyl (C=O) groups is 1. The quantitative estimate of drug-likeness (QED) is 0.939. The molecule has 0 unspecified atom stereocenters. The average molecular weight is 289 g/mol. The van der Waals surface area contributed by atoms with Crippen LogP contribution >= 0.6 is 11.5 Å². The summed E-state index contributed by atoms with van der Waals surface area (Å²) in [4.78, 5) is 17.7. The van der Waals surface area contributed by atoms with E-state index in [9.17, 15) is 4.79 Å². The summed E-state index contributed by atoms with van der Waals surface area (Å²) in [6.07, 6.45) is 1.75. The normalized spacial score (nSPS) is 14.2. The number of fused-ring (bicyclic) bond motifs is 1. The summed E-state index contributed by atoms with van der Waals surface area (Å²) in [5.74, 6) is -0.0100. The molecule has 104 valence electrons. The Morgan fingerprint density at radius 3 is 3.00 bits per heavy atom. The number of carboxylic acids is 1. The molecular formula is C14H15N3O2S. The van der Waals surface area contributed by atoms with E-state index in [4.69, 9.17) is 5.11 Å². The third kappa shape index (κ3) is 2.38. The summed E-state index contributed by atoms with van der Waals surface area (Å²) >= 11 is 1.41. The number of hydrogen-bond acceptors (Lipinski definition) is 5. The smallest absolute Gasteiger partial charge is 0.335 e. The van der Waals surface area contributed by atoms with Crippen LogP contribution in [-0.4, -0.2) is 27.0 Å². The first kappa shape index (κ1) is 13.1. The molecule has 1 aromatic carbocycles. The highest BCUT2D eigenvalue weighted by molar-refractivity contribution is 7.09. The molecule has 1 aliphatic rings. The van der Waals surface area contributed by atoms with E-state index in [2.05, 4.69) is 14.3 Å². The predicted molar refractivity (Wildman–Crippen MR) is 77.4 cm³/mol. The molecule has 3 rings (SSSR count). The second-order valence-electron chi connectivity index (χ2n) is 4.81. The van der Waals surface area contributed by atoms with Crippen molar-refractivity contribution in [3.8, 4) is 0 Å². The van der Waals surface area contributed by atoms with E-state index >= 15 is 0 Å². The molecule has 5 nitrogen and oxygen atoms in total. The summed E-state index contributed by atoms with van der Waals surface area (Å²) in [6, 6.07) is 5.37. The van der Waals surface area contributed by atoms with Crippen LogP contribution in [0.3, 0.4) is 0 Å². The number of carboxylic acid groups (broad SMARTS) is 1. The number of anilines is 1. The molecule has 0 saturated carbocycles. The molecule has 2 heterocycles. The molecule has 20 heavy (non-hydrogen) atoms. The minimum atomic E-state index is -0.880. The van der Waals surface area contributed by atoms with Gasteiger partial charge in [0.2, 0.25) is 5.13 Å². The minimum Gasteiger partial charge on any atom is -0.478 e. The molecule has 1 N–H and O–H groups in total. The molecule has 0 fully saturated rings. The highest BCUT2D eigenvalue weighted by atomic mass is 32.1. The minimum absolute atomic E-state index is 0.345. The van der Waals surface area contributed by atoms with Crippen molar-refractivity contribution >= 4 is 22.6 Å². The van der Waals surface area contributed by atoms with Gasteiger partial charge in [-0.2, -0.15) is 4.37 Å². The van der Waals surface area contributed by atoms with Crippen molar-refractivity contribution in [3.63, 3.8) is 0 Å². The highest BCUT2D eigenvalue weighted by Gasteiger charge is 2.20. The van der Waals surface area contributed by atoms with Gasteiger partial charge < -0.3 is 10.0 Å². The first-order valence-corrected chi connectivity index (χ1v) is 7.37. The van der Waals surface area contributed by atoms with Gasteiger partial charge in [-0.3, -0.25) is 0 Å². The summed E-state index contributed by atoms with van der Waals surface area (Å²) in [7, 11) is 0. The first-order valence-electron chi connectivity index (χ1n) is 6.60. The number of hydrogen-bond donors (Lipinski definition) is 1. The summed E-state index contributed by atoms with van der Waals surface area (Å²) < 4.78 is 4.31. The van der Waals surface area contributed by atoms with Crippen LogP contribution in [0.5, 0.6) is 0 Å². The standard InChI is InChI=1S/C14H15N3O2S/c1-2-12-15-14(20-16-12)17-6-5-9-3-4-10(13(18)19)7-11(9)8-17/h3-4,7H,2,5-6,8H2,1H3,(H,18,19). The first-order chi connectivity index (χ1) is 9.67. The number of aromatic carboxylic acids is 1. The van der Waals surface area contributed by atoms with Gasteiger partial charge >= 0.3 is 5.97 Å². The average Bonchev–Trinajstić information content (AvgIpc) is 2.95. The van der Waals surface area contributed by atoms with Gasteiger partial charge in [0.05, 0.1) is 5.56 Å². The lowest BCUT2D eigenvalue weighted by Gasteiger charge is -2.28. The fourth-order valence-electron chi connectivity index (χ4n) is 2.37. The van der Waals surface area contributed by atoms with E-state index < -0.39 is 5.97 Å². The topological polar surface area (TPSA) is 66.3 Å². The van der Waals surface area contributed by atoms with Gasteiger partial charge in [-0.05, 0) is 29.7 Å². The molecule has 1 aliphatic heterocycles. The zero-order chi connectivity index (χ0) is 14.1. The van der Waals surface area contributed by atoms with E-state index in [1.807, 2.05) is 13.0 Å². The maximum absolute atomic E-state index is 11.0. The molecule has 1 aromatic heterocycles. The molecule has 0 saturated heterocycles. The number of benzene rings is 1. The lowest BCUT2D eigenvalue weighted by molar-refractivity contribution is 0.0696. The Morgan fingerprint density at radius 2 is 2.30 bits per heavy atom. The Morgan fingerprint density at radius 1 is 1.45 bits per heavy atom. The van der Waals surface area contributed by atoms with Crippen molar-refractivity contribution in [2.75, 3.05) is 11.4 Å². The predicted octanol–water partition coefficient (Wildman–Crippen LogP) is 2.36. The van der Waals surface area contributed by atoms with Crippen LogP contribution in [0.2, 0.25) is 0 Å². The molecule has 0 atom stereocenters. The summed E-state index contributed by atoms with van der Waals surface area (Å²) in [6.45, 7) is 3.64. The van der Waals surface area contributed by atoms with Crippen LogP contribution in [0, 0.1) is 0 Å². The third-order valence-electron chi connectivity index (χ3n) is 3.51. The maximum atomic E-state index is 11.0. The Kier molecular flexibility index (Phi) is 3.40. The highest BCUT2D eigenvalue weighted by Crippen LogP contribution is 2.26. The van der Waals surface area contributed by atoms with Gasteiger partial charge in [0.15, 0.2) is 0 Å². The van der Waals surface area contributed by atoms with Crippen molar-refractivity contribution < 1.29 is 9.90 Å². The second-order valence-corrected chi connectivity index (χ2v) is 5.54. The Labute approximate surface area is 121 Å². The summed E-state index contributed by atoms with van der Waals surface area (Å²) in [5.41, 5.74) is 2.65. The molecule has 0 bridgehead atoms. The number of aryl methyl sites for hydroxylation is 1. The Hall–Kier alpha value is -1.95. The lowest BCUT2D eigenvalue weighted by Crippen LogP contribution is -2.30. The lowest BCUT2D eigenvalue weighted by atomic mass is 9.98. The van der Waals surface area contributed by atoms with Crippen molar-refractivity contribution in [2.24, 2.45) is 0 Å². The third-order valence-corrected chi connectivity index (χ3v) is 4.32. The molecule has 2 aromatic rings. The van der Waals surface area contributed by atoms with Gasteiger partial charge in [0.25, 0.3) is 0 Å². The largest absolute Gasteiger partial charge is 0.478 e. The van der Waals surface area contributed by atoms with Crippen LogP contribution < -0.4 is 4.90 Å². The zero-order valence-corrected chi connectivity index (χ0v) is 12.0. The van der Waals surface area contributed by atoms with Crippen molar-refractivity contribution in [1.29, 1.82) is 0 Å². The SMILES string of the molecule is CCc1nsc(N2CCc3ccc(C(=O)O)cc3C2)n1. The van der Waals surface area contributed by atoms with Crippen LogP contribution in [0.25, 0.3) is 0 Å². The van der Waals surface area contributed by atoms with Crippen LogP contribution in [0.4, 0.5) is 5.13 Å². The Bertz CT molecular complexity index is 654. The fourth-order valence-corrected chi connectivity index (χ4v) is 3.14. The molecule has 0 amide bonds. The molecule has 6 heteroatoms. The van der Waals surface area contributed by atoms with Crippen LogP contribution in [0.1, 0.15) is 34.2 Å². The van der Waals surface area contributed by atoms with E-state index in [0.717, 1.165) is 35.9 Å². The molecule has 0 spiro atoms. The van der Waals surface area contributed by atoms with E-state index in [-0.39, 0.29) is 0 Å².